The van der Waals surface area contributed by atoms with Crippen molar-refractivity contribution in [3.63, 3.8) is 0 Å². The summed E-state index contributed by atoms with van der Waals surface area (Å²) in [6.07, 6.45) is -0.872. The number of benzene rings is 2. The average Bonchev–Trinajstić information content (AvgIpc) is 2.65. The minimum Gasteiger partial charge on any atom is -0.493 e. The molecule has 26 heavy (non-hydrogen) atoms. The third kappa shape index (κ3) is 6.24. The minimum absolute atomic E-state index is 0.334. The maximum Gasteiger partial charge on any atom is 0.338 e. The second-order valence-corrected chi connectivity index (χ2v) is 6.48. The fourth-order valence-corrected chi connectivity index (χ4v) is 2.16. The second kappa shape index (κ2) is 9.61. The van der Waals surface area contributed by atoms with Crippen LogP contribution in [0.4, 0.5) is 0 Å². The van der Waals surface area contributed by atoms with Crippen LogP contribution < -0.4 is 10.1 Å². The molecule has 138 valence electrons. The number of ether oxygens (including phenoxy) is 2. The van der Waals surface area contributed by atoms with Gasteiger partial charge in [-0.2, -0.15) is 0 Å². The average molecular weight is 355 g/mol. The maximum absolute atomic E-state index is 12.2. The van der Waals surface area contributed by atoms with Gasteiger partial charge in [0.1, 0.15) is 5.75 Å². The Balaban J connectivity index is 1.82. The first-order chi connectivity index (χ1) is 12.5. The number of amides is 1. The van der Waals surface area contributed by atoms with Crippen molar-refractivity contribution in [3.8, 4) is 5.75 Å². The highest BCUT2D eigenvalue weighted by atomic mass is 16.5. The van der Waals surface area contributed by atoms with Gasteiger partial charge in [0.2, 0.25) is 0 Å². The second-order valence-electron chi connectivity index (χ2n) is 6.48. The van der Waals surface area contributed by atoms with E-state index in [0.29, 0.717) is 30.4 Å². The largest absolute Gasteiger partial charge is 0.493 e. The van der Waals surface area contributed by atoms with E-state index >= 15 is 0 Å². The minimum atomic E-state index is -0.872. The SMILES string of the molecule is CC(C)COc1ccc(C(=O)O[C@@H](C)C(=O)NCc2ccccc2)cc1. The summed E-state index contributed by atoms with van der Waals surface area (Å²) in [6, 6.07) is 16.3. The van der Waals surface area contributed by atoms with E-state index in [1.165, 1.54) is 0 Å². The lowest BCUT2D eigenvalue weighted by atomic mass is 10.2. The highest BCUT2D eigenvalue weighted by Crippen LogP contribution is 2.14. The smallest absolute Gasteiger partial charge is 0.338 e. The van der Waals surface area contributed by atoms with E-state index in [9.17, 15) is 9.59 Å². The van der Waals surface area contributed by atoms with E-state index in [0.717, 1.165) is 5.56 Å². The van der Waals surface area contributed by atoms with Gasteiger partial charge in [-0.3, -0.25) is 4.79 Å². The summed E-state index contributed by atoms with van der Waals surface area (Å²) in [5, 5.41) is 2.76. The number of esters is 1. The Morgan fingerprint density at radius 1 is 0.962 bits per heavy atom. The van der Waals surface area contributed by atoms with Crippen molar-refractivity contribution in [2.75, 3.05) is 6.61 Å². The van der Waals surface area contributed by atoms with E-state index in [1.54, 1.807) is 31.2 Å². The topological polar surface area (TPSA) is 64.6 Å². The summed E-state index contributed by atoms with van der Waals surface area (Å²) in [5.74, 6) is 0.251. The first kappa shape index (κ1) is 19.5. The third-order valence-electron chi connectivity index (χ3n) is 3.64. The Morgan fingerprint density at radius 3 is 2.23 bits per heavy atom. The molecule has 0 aliphatic carbocycles. The molecule has 0 radical (unpaired) electrons. The molecular formula is C21H25NO4. The molecule has 0 saturated carbocycles. The van der Waals surface area contributed by atoms with Crippen LogP contribution in [0.5, 0.6) is 5.75 Å². The fourth-order valence-electron chi connectivity index (χ4n) is 2.16. The molecule has 0 fully saturated rings. The summed E-state index contributed by atoms with van der Waals surface area (Å²) in [7, 11) is 0. The normalized spacial score (nSPS) is 11.7. The van der Waals surface area contributed by atoms with E-state index in [2.05, 4.69) is 19.2 Å². The van der Waals surface area contributed by atoms with Gasteiger partial charge in [-0.1, -0.05) is 44.2 Å². The predicted molar refractivity (Wildman–Crippen MR) is 99.9 cm³/mol. The van der Waals surface area contributed by atoms with Gasteiger partial charge in [0.05, 0.1) is 12.2 Å². The number of hydrogen-bond donors (Lipinski definition) is 1. The first-order valence-electron chi connectivity index (χ1n) is 8.71. The van der Waals surface area contributed by atoms with Gasteiger partial charge >= 0.3 is 5.97 Å². The predicted octanol–water partition coefficient (Wildman–Crippen LogP) is 3.58. The van der Waals surface area contributed by atoms with E-state index in [1.807, 2.05) is 30.3 Å². The number of nitrogens with one attached hydrogen (secondary N) is 1. The van der Waals surface area contributed by atoms with Crippen molar-refractivity contribution in [2.24, 2.45) is 5.92 Å². The van der Waals surface area contributed by atoms with Crippen LogP contribution in [0.1, 0.15) is 36.7 Å². The van der Waals surface area contributed by atoms with Crippen LogP contribution in [0.2, 0.25) is 0 Å². The van der Waals surface area contributed by atoms with Crippen molar-refractivity contribution in [1.29, 1.82) is 0 Å². The van der Waals surface area contributed by atoms with Crippen LogP contribution in [0.3, 0.4) is 0 Å². The van der Waals surface area contributed by atoms with Crippen molar-refractivity contribution in [1.82, 2.24) is 5.32 Å². The molecule has 0 spiro atoms. The summed E-state index contributed by atoms with van der Waals surface area (Å²) < 4.78 is 10.8. The Labute approximate surface area is 154 Å². The number of rotatable bonds is 8. The summed E-state index contributed by atoms with van der Waals surface area (Å²) in [5.41, 5.74) is 1.36. The van der Waals surface area contributed by atoms with Crippen molar-refractivity contribution < 1.29 is 19.1 Å². The van der Waals surface area contributed by atoms with Crippen molar-refractivity contribution in [2.45, 2.75) is 33.4 Å². The van der Waals surface area contributed by atoms with E-state index in [-0.39, 0.29) is 5.91 Å². The Hall–Kier alpha value is -2.82. The molecule has 5 heteroatoms. The molecule has 0 heterocycles. The summed E-state index contributed by atoms with van der Waals surface area (Å²) >= 11 is 0. The van der Waals surface area contributed by atoms with Crippen LogP contribution in [-0.2, 0) is 16.1 Å². The molecule has 2 aromatic rings. The van der Waals surface area contributed by atoms with Gasteiger partial charge in [0.15, 0.2) is 6.10 Å². The Kier molecular flexibility index (Phi) is 7.21. The molecule has 0 saturated heterocycles. The zero-order valence-corrected chi connectivity index (χ0v) is 15.4. The van der Waals surface area contributed by atoms with Crippen molar-refractivity contribution >= 4 is 11.9 Å². The molecule has 1 amide bonds. The maximum atomic E-state index is 12.2. The van der Waals surface area contributed by atoms with E-state index < -0.39 is 12.1 Å². The molecule has 2 rings (SSSR count). The van der Waals surface area contributed by atoms with Crippen LogP contribution in [-0.4, -0.2) is 24.6 Å². The lowest BCUT2D eigenvalue weighted by Gasteiger charge is -2.14. The Bertz CT molecular complexity index is 711. The molecular weight excluding hydrogens is 330 g/mol. The number of hydrogen-bond acceptors (Lipinski definition) is 4. The van der Waals surface area contributed by atoms with Crippen LogP contribution >= 0.6 is 0 Å². The van der Waals surface area contributed by atoms with Crippen LogP contribution in [0, 0.1) is 5.92 Å². The number of carbonyl (C=O) groups excluding carboxylic acids is 2. The van der Waals surface area contributed by atoms with Gasteiger partial charge in [-0.05, 0) is 42.7 Å². The number of carbonyl (C=O) groups is 2. The molecule has 2 aromatic carbocycles. The quantitative estimate of drug-likeness (QED) is 0.735. The molecule has 0 bridgehead atoms. The van der Waals surface area contributed by atoms with Crippen molar-refractivity contribution in [3.05, 3.63) is 65.7 Å². The van der Waals surface area contributed by atoms with Crippen LogP contribution in [0.15, 0.2) is 54.6 Å². The summed E-state index contributed by atoms with van der Waals surface area (Å²) in [6.45, 7) is 6.69. The molecule has 0 aliphatic heterocycles. The zero-order valence-electron chi connectivity index (χ0n) is 15.4. The van der Waals surface area contributed by atoms with Gasteiger partial charge in [-0.15, -0.1) is 0 Å². The summed E-state index contributed by atoms with van der Waals surface area (Å²) in [4.78, 5) is 24.2. The molecule has 5 nitrogen and oxygen atoms in total. The van der Waals surface area contributed by atoms with E-state index in [4.69, 9.17) is 9.47 Å². The standard InChI is InChI=1S/C21H25NO4/c1-15(2)14-25-19-11-9-18(10-12-19)21(24)26-16(3)20(23)22-13-17-7-5-4-6-8-17/h4-12,15-16H,13-14H2,1-3H3,(H,22,23)/t16-/m0/s1. The third-order valence-corrected chi connectivity index (χ3v) is 3.64. The Morgan fingerprint density at radius 2 is 1.62 bits per heavy atom. The lowest BCUT2D eigenvalue weighted by molar-refractivity contribution is -0.129. The highest BCUT2D eigenvalue weighted by Gasteiger charge is 2.18. The molecule has 0 unspecified atom stereocenters. The lowest BCUT2D eigenvalue weighted by Crippen LogP contribution is -2.35. The van der Waals surface area contributed by atoms with Gasteiger partial charge in [0.25, 0.3) is 5.91 Å². The molecule has 0 aliphatic rings. The highest BCUT2D eigenvalue weighted by molar-refractivity contribution is 5.92. The molecule has 1 N–H and O–H groups in total. The molecule has 0 aromatic heterocycles. The first-order valence-corrected chi connectivity index (χ1v) is 8.71. The van der Waals surface area contributed by atoms with Gasteiger partial charge in [-0.25, -0.2) is 4.79 Å². The van der Waals surface area contributed by atoms with Gasteiger partial charge in [0, 0.05) is 6.54 Å². The van der Waals surface area contributed by atoms with Gasteiger partial charge < -0.3 is 14.8 Å². The fraction of sp³-hybridized carbons (Fsp3) is 0.333. The molecule has 1 atom stereocenters. The van der Waals surface area contributed by atoms with Crippen LogP contribution in [0.25, 0.3) is 0 Å². The zero-order chi connectivity index (χ0) is 18.9. The monoisotopic (exact) mass is 355 g/mol.